The van der Waals surface area contributed by atoms with E-state index in [1.54, 1.807) is 84.9 Å². The molecule has 0 aliphatic carbocycles. The molecular formula is C34H28O10. The molecule has 5 rings (SSSR count). The standard InChI is InChI=1S/C34H28O10/c35-30(22-13-5-1-6-14-22)40-21-26-27(42-31(36)23-15-7-2-8-16-23)28(43-32(37)24-17-9-3-10-18-24)29(34(39)41-26)44-33(38)25-19-11-4-12-20-25/h1-20,26-29,34,39H,21H2/t26-,27-,28+,29-,34+/m1/s1. The number of rotatable bonds is 9. The van der Waals surface area contributed by atoms with Crippen molar-refractivity contribution in [3.05, 3.63) is 144 Å². The quantitative estimate of drug-likeness (QED) is 0.221. The normalized spacial score (nSPS) is 21.0. The molecular weight excluding hydrogens is 568 g/mol. The molecule has 1 heterocycles. The Morgan fingerprint density at radius 2 is 0.841 bits per heavy atom. The van der Waals surface area contributed by atoms with Crippen molar-refractivity contribution in [3.8, 4) is 0 Å². The molecule has 1 aliphatic heterocycles. The summed E-state index contributed by atoms with van der Waals surface area (Å²) in [6, 6.07) is 32.1. The number of ether oxygens (including phenoxy) is 5. The van der Waals surface area contributed by atoms with Gasteiger partial charge in [0.05, 0.1) is 22.3 Å². The van der Waals surface area contributed by atoms with Gasteiger partial charge in [-0.1, -0.05) is 72.8 Å². The van der Waals surface area contributed by atoms with E-state index in [-0.39, 0.29) is 22.3 Å². The molecule has 1 aliphatic rings. The van der Waals surface area contributed by atoms with E-state index in [1.165, 1.54) is 36.4 Å². The van der Waals surface area contributed by atoms with Crippen LogP contribution in [0.4, 0.5) is 0 Å². The van der Waals surface area contributed by atoms with E-state index >= 15 is 0 Å². The van der Waals surface area contributed by atoms with Crippen LogP contribution in [0.15, 0.2) is 121 Å². The van der Waals surface area contributed by atoms with E-state index in [0.717, 1.165) is 0 Å². The van der Waals surface area contributed by atoms with Gasteiger partial charge in [0.1, 0.15) is 12.7 Å². The van der Waals surface area contributed by atoms with Gasteiger partial charge in [-0.25, -0.2) is 19.2 Å². The van der Waals surface area contributed by atoms with Crippen LogP contribution in [-0.4, -0.2) is 66.3 Å². The molecule has 4 aromatic rings. The fourth-order valence-corrected chi connectivity index (χ4v) is 4.54. The first-order chi connectivity index (χ1) is 21.4. The van der Waals surface area contributed by atoms with E-state index in [0.29, 0.717) is 0 Å². The number of aliphatic hydroxyl groups is 1. The zero-order valence-corrected chi connectivity index (χ0v) is 23.3. The molecule has 4 aromatic carbocycles. The Morgan fingerprint density at radius 3 is 1.25 bits per heavy atom. The molecule has 0 amide bonds. The Morgan fingerprint density at radius 1 is 0.500 bits per heavy atom. The molecule has 0 saturated carbocycles. The lowest BCUT2D eigenvalue weighted by molar-refractivity contribution is -0.284. The van der Waals surface area contributed by atoms with Crippen LogP contribution in [0.1, 0.15) is 41.4 Å². The fourth-order valence-electron chi connectivity index (χ4n) is 4.54. The molecule has 0 spiro atoms. The monoisotopic (exact) mass is 596 g/mol. The Bertz CT molecular complexity index is 1560. The number of hydrogen-bond donors (Lipinski definition) is 1. The molecule has 44 heavy (non-hydrogen) atoms. The largest absolute Gasteiger partial charge is 0.459 e. The highest BCUT2D eigenvalue weighted by Crippen LogP contribution is 2.30. The van der Waals surface area contributed by atoms with Gasteiger partial charge in [0.25, 0.3) is 0 Å². The van der Waals surface area contributed by atoms with Gasteiger partial charge in [0.2, 0.25) is 0 Å². The summed E-state index contributed by atoms with van der Waals surface area (Å²) in [5.74, 6) is -3.21. The lowest BCUT2D eigenvalue weighted by atomic mass is 9.97. The Labute approximate surface area is 252 Å². The molecule has 1 fully saturated rings. The van der Waals surface area contributed by atoms with Crippen molar-refractivity contribution in [1.82, 2.24) is 0 Å². The molecule has 10 heteroatoms. The maximum absolute atomic E-state index is 13.3. The van der Waals surface area contributed by atoms with Crippen molar-refractivity contribution in [2.24, 2.45) is 0 Å². The van der Waals surface area contributed by atoms with Crippen molar-refractivity contribution >= 4 is 23.9 Å². The minimum Gasteiger partial charge on any atom is -0.459 e. The molecule has 1 saturated heterocycles. The van der Waals surface area contributed by atoms with Crippen molar-refractivity contribution in [2.45, 2.75) is 30.7 Å². The van der Waals surface area contributed by atoms with E-state index in [2.05, 4.69) is 0 Å². The number of benzene rings is 4. The lowest BCUT2D eigenvalue weighted by Gasteiger charge is -2.42. The molecule has 0 unspecified atom stereocenters. The second kappa shape index (κ2) is 14.2. The third-order valence-corrected chi connectivity index (χ3v) is 6.76. The maximum Gasteiger partial charge on any atom is 0.338 e. The van der Waals surface area contributed by atoms with E-state index in [1.807, 2.05) is 0 Å². The van der Waals surface area contributed by atoms with Gasteiger partial charge in [-0.15, -0.1) is 0 Å². The topological polar surface area (TPSA) is 135 Å². The predicted octanol–water partition coefficient (Wildman–Crippen LogP) is 4.24. The first-order valence-electron chi connectivity index (χ1n) is 13.7. The smallest absolute Gasteiger partial charge is 0.338 e. The van der Waals surface area contributed by atoms with Crippen LogP contribution in [0.25, 0.3) is 0 Å². The average Bonchev–Trinajstić information content (AvgIpc) is 3.07. The molecule has 10 nitrogen and oxygen atoms in total. The highest BCUT2D eigenvalue weighted by molar-refractivity contribution is 5.91. The van der Waals surface area contributed by atoms with Gasteiger partial charge in [0.15, 0.2) is 24.6 Å². The van der Waals surface area contributed by atoms with Crippen LogP contribution < -0.4 is 0 Å². The number of carbonyl (C=O) groups excluding carboxylic acids is 4. The summed E-state index contributed by atoms with van der Waals surface area (Å²) in [7, 11) is 0. The van der Waals surface area contributed by atoms with Crippen LogP contribution in [0.3, 0.4) is 0 Å². The third-order valence-electron chi connectivity index (χ3n) is 6.76. The van der Waals surface area contributed by atoms with E-state index in [9.17, 15) is 24.3 Å². The summed E-state index contributed by atoms with van der Waals surface area (Å²) in [6.45, 7) is -0.504. The zero-order valence-electron chi connectivity index (χ0n) is 23.3. The van der Waals surface area contributed by atoms with E-state index < -0.39 is 61.2 Å². The predicted molar refractivity (Wildman–Crippen MR) is 155 cm³/mol. The van der Waals surface area contributed by atoms with Crippen LogP contribution in [0.5, 0.6) is 0 Å². The van der Waals surface area contributed by atoms with Gasteiger partial charge < -0.3 is 28.8 Å². The first kappa shape index (κ1) is 30.1. The Hall–Kier alpha value is -5.32. The Kier molecular flexibility index (Phi) is 9.75. The van der Waals surface area contributed by atoms with Gasteiger partial charge in [-0.2, -0.15) is 0 Å². The summed E-state index contributed by atoms with van der Waals surface area (Å²) in [5.41, 5.74) is 0.736. The number of hydrogen-bond acceptors (Lipinski definition) is 10. The molecule has 0 aromatic heterocycles. The zero-order chi connectivity index (χ0) is 30.9. The van der Waals surface area contributed by atoms with Crippen molar-refractivity contribution in [3.63, 3.8) is 0 Å². The van der Waals surface area contributed by atoms with Crippen molar-refractivity contribution < 1.29 is 48.0 Å². The van der Waals surface area contributed by atoms with Gasteiger partial charge in [-0.05, 0) is 48.5 Å². The highest BCUT2D eigenvalue weighted by atomic mass is 16.7. The van der Waals surface area contributed by atoms with Crippen LogP contribution >= 0.6 is 0 Å². The van der Waals surface area contributed by atoms with Crippen molar-refractivity contribution in [2.75, 3.05) is 6.61 Å². The minimum atomic E-state index is -1.86. The van der Waals surface area contributed by atoms with Gasteiger partial charge in [-0.3, -0.25) is 0 Å². The van der Waals surface area contributed by atoms with Crippen LogP contribution in [0.2, 0.25) is 0 Å². The van der Waals surface area contributed by atoms with Crippen LogP contribution in [0, 0.1) is 0 Å². The molecule has 1 N–H and O–H groups in total. The van der Waals surface area contributed by atoms with Crippen LogP contribution in [-0.2, 0) is 23.7 Å². The second-order valence-corrected chi connectivity index (χ2v) is 9.74. The molecule has 0 radical (unpaired) electrons. The first-order valence-corrected chi connectivity index (χ1v) is 13.7. The average molecular weight is 597 g/mol. The number of esters is 4. The molecule has 224 valence electrons. The SMILES string of the molecule is O=C(OC[C@H]1O[C@H](O)[C@H](OC(=O)c2ccccc2)[C@@H](OC(=O)c2ccccc2)[C@@H]1OC(=O)c1ccccc1)c1ccccc1. The molecule has 0 bridgehead atoms. The second-order valence-electron chi connectivity index (χ2n) is 9.74. The fraction of sp³-hybridized carbons (Fsp3) is 0.176. The maximum atomic E-state index is 13.3. The molecule has 5 atom stereocenters. The number of carbonyl (C=O) groups is 4. The van der Waals surface area contributed by atoms with Gasteiger partial charge in [0, 0.05) is 0 Å². The summed E-state index contributed by atoms with van der Waals surface area (Å²) >= 11 is 0. The summed E-state index contributed by atoms with van der Waals surface area (Å²) in [6.07, 6.45) is -7.89. The summed E-state index contributed by atoms with van der Waals surface area (Å²) < 4.78 is 28.4. The highest BCUT2D eigenvalue weighted by Gasteiger charge is 2.52. The minimum absolute atomic E-state index is 0.154. The Balaban J connectivity index is 1.48. The van der Waals surface area contributed by atoms with E-state index in [4.69, 9.17) is 23.7 Å². The van der Waals surface area contributed by atoms with Gasteiger partial charge >= 0.3 is 23.9 Å². The summed E-state index contributed by atoms with van der Waals surface area (Å²) in [5, 5.41) is 11.1. The third kappa shape index (κ3) is 7.35. The van der Waals surface area contributed by atoms with Crippen molar-refractivity contribution in [1.29, 1.82) is 0 Å². The summed E-state index contributed by atoms with van der Waals surface area (Å²) in [4.78, 5) is 52.3. The lowest BCUT2D eigenvalue weighted by Crippen LogP contribution is -2.62. The number of aliphatic hydroxyl groups excluding tert-OH is 1.